The van der Waals surface area contributed by atoms with Crippen LogP contribution in [-0.2, 0) is 14.8 Å². The number of nitro groups is 1. The Labute approximate surface area is 187 Å². The van der Waals surface area contributed by atoms with Crippen molar-refractivity contribution in [3.63, 3.8) is 0 Å². The molecule has 1 aliphatic carbocycles. The van der Waals surface area contributed by atoms with Crippen molar-refractivity contribution in [2.45, 2.75) is 56.9 Å². The molecule has 0 saturated heterocycles. The van der Waals surface area contributed by atoms with Crippen molar-refractivity contribution in [1.29, 1.82) is 0 Å². The zero-order valence-electron chi connectivity index (χ0n) is 18.1. The Hall–Kier alpha value is -2.98. The lowest BCUT2D eigenvalue weighted by molar-refractivity contribution is -0.385. The molecule has 2 aromatic carbocycles. The molecule has 2 aromatic rings. The highest BCUT2D eigenvalue weighted by atomic mass is 32.2. The summed E-state index contributed by atoms with van der Waals surface area (Å²) in [5, 5.41) is 13.6. The van der Waals surface area contributed by atoms with E-state index in [0.717, 1.165) is 32.1 Å². The molecule has 172 valence electrons. The highest BCUT2D eigenvalue weighted by molar-refractivity contribution is 7.89. The first kappa shape index (κ1) is 23.7. The molecule has 3 rings (SSSR count). The van der Waals surface area contributed by atoms with Crippen LogP contribution in [0.3, 0.4) is 0 Å². The predicted molar refractivity (Wildman–Crippen MR) is 120 cm³/mol. The van der Waals surface area contributed by atoms with E-state index in [4.69, 9.17) is 4.74 Å². The van der Waals surface area contributed by atoms with Crippen molar-refractivity contribution in [3.8, 4) is 5.75 Å². The third kappa shape index (κ3) is 5.83. The molecule has 1 fully saturated rings. The molecule has 0 spiro atoms. The molecule has 0 bridgehead atoms. The number of amides is 1. The monoisotopic (exact) mass is 461 g/mol. The summed E-state index contributed by atoms with van der Waals surface area (Å²) in [6.45, 7) is 2.94. The number of hydrogen-bond acceptors (Lipinski definition) is 6. The van der Waals surface area contributed by atoms with Crippen LogP contribution in [-0.4, -0.2) is 31.9 Å². The van der Waals surface area contributed by atoms with Gasteiger partial charge in [-0.2, -0.15) is 0 Å². The molecule has 0 heterocycles. The van der Waals surface area contributed by atoms with Gasteiger partial charge in [-0.05, 0) is 56.5 Å². The molecule has 1 aliphatic rings. The first-order chi connectivity index (χ1) is 15.2. The van der Waals surface area contributed by atoms with E-state index in [1.807, 2.05) is 0 Å². The Morgan fingerprint density at radius 2 is 1.88 bits per heavy atom. The summed E-state index contributed by atoms with van der Waals surface area (Å²) in [6, 6.07) is 8.89. The largest absolute Gasteiger partial charge is 0.483 e. The van der Waals surface area contributed by atoms with Gasteiger partial charge in [0.15, 0.2) is 6.61 Å². The van der Waals surface area contributed by atoms with E-state index in [-0.39, 0.29) is 23.2 Å². The van der Waals surface area contributed by atoms with E-state index in [0.29, 0.717) is 22.6 Å². The molecule has 10 heteroatoms. The van der Waals surface area contributed by atoms with Crippen LogP contribution in [0.25, 0.3) is 0 Å². The number of nitrogens with one attached hydrogen (secondary N) is 2. The Bertz CT molecular complexity index is 1110. The number of ether oxygens (including phenoxy) is 1. The van der Waals surface area contributed by atoms with Gasteiger partial charge >= 0.3 is 0 Å². The number of nitro benzene ring substituents is 1. The Morgan fingerprint density at radius 1 is 1.16 bits per heavy atom. The van der Waals surface area contributed by atoms with Crippen LogP contribution >= 0.6 is 0 Å². The zero-order valence-corrected chi connectivity index (χ0v) is 18.9. The first-order valence-corrected chi connectivity index (χ1v) is 12.0. The molecule has 2 N–H and O–H groups in total. The molecular formula is C22H27N3O6S. The maximum atomic E-state index is 12.7. The fourth-order valence-electron chi connectivity index (χ4n) is 3.75. The topological polar surface area (TPSA) is 128 Å². The molecule has 0 aromatic heterocycles. The molecule has 0 radical (unpaired) electrons. The number of benzene rings is 2. The maximum absolute atomic E-state index is 12.7. The van der Waals surface area contributed by atoms with Crippen LogP contribution in [0.5, 0.6) is 5.75 Å². The third-order valence-electron chi connectivity index (χ3n) is 5.52. The van der Waals surface area contributed by atoms with E-state index < -0.39 is 20.9 Å². The average Bonchev–Trinajstić information content (AvgIpc) is 2.74. The number of rotatable bonds is 8. The lowest BCUT2D eigenvalue weighted by atomic mass is 9.96. The van der Waals surface area contributed by atoms with E-state index in [2.05, 4.69) is 10.0 Å². The van der Waals surface area contributed by atoms with Crippen LogP contribution in [0.4, 0.5) is 11.4 Å². The Balaban J connectivity index is 1.62. The molecule has 0 aliphatic heterocycles. The fourth-order valence-corrected chi connectivity index (χ4v) is 5.13. The van der Waals surface area contributed by atoms with Gasteiger partial charge in [-0.25, -0.2) is 13.1 Å². The number of nitrogens with zero attached hydrogens (tertiary/aromatic N) is 1. The highest BCUT2D eigenvalue weighted by Crippen LogP contribution is 2.26. The van der Waals surface area contributed by atoms with E-state index >= 15 is 0 Å². The summed E-state index contributed by atoms with van der Waals surface area (Å²) >= 11 is 0. The van der Waals surface area contributed by atoms with E-state index in [9.17, 15) is 23.3 Å². The minimum Gasteiger partial charge on any atom is -0.483 e. The molecule has 9 nitrogen and oxygen atoms in total. The fraction of sp³-hybridized carbons (Fsp3) is 0.409. The standard InChI is InChI=1S/C22H27N3O6S/c1-15-13-18(32(29,30)24-17-7-4-3-5-8-17)11-12-21(15)31-14-22(26)23-19-9-6-10-20(16(19)2)25(27)28/h6,9-13,17,24H,3-5,7-8,14H2,1-2H3,(H,23,26). The lowest BCUT2D eigenvalue weighted by Gasteiger charge is -2.22. The second-order valence-electron chi connectivity index (χ2n) is 7.93. The zero-order chi connectivity index (χ0) is 23.3. The van der Waals surface area contributed by atoms with Crippen molar-refractivity contribution >= 4 is 27.3 Å². The minimum absolute atomic E-state index is 0.0362. The molecule has 1 saturated carbocycles. The van der Waals surface area contributed by atoms with Gasteiger partial charge < -0.3 is 10.1 Å². The number of hydrogen-bond donors (Lipinski definition) is 2. The highest BCUT2D eigenvalue weighted by Gasteiger charge is 2.22. The van der Waals surface area contributed by atoms with Gasteiger partial charge in [-0.1, -0.05) is 25.3 Å². The minimum atomic E-state index is -3.63. The van der Waals surface area contributed by atoms with Crippen molar-refractivity contribution in [3.05, 3.63) is 57.6 Å². The van der Waals surface area contributed by atoms with Gasteiger partial charge in [-0.3, -0.25) is 14.9 Å². The second-order valence-corrected chi connectivity index (χ2v) is 9.64. The number of sulfonamides is 1. The quantitative estimate of drug-likeness (QED) is 0.454. The molecule has 32 heavy (non-hydrogen) atoms. The Kier molecular flexibility index (Phi) is 7.47. The summed E-state index contributed by atoms with van der Waals surface area (Å²) in [6.07, 6.45) is 4.88. The number of carbonyl (C=O) groups is 1. The van der Waals surface area contributed by atoms with Gasteiger partial charge in [0.1, 0.15) is 5.75 Å². The summed E-state index contributed by atoms with van der Waals surface area (Å²) in [7, 11) is -3.63. The van der Waals surface area contributed by atoms with Crippen LogP contribution in [0.15, 0.2) is 41.3 Å². The molecule has 0 unspecified atom stereocenters. The summed E-state index contributed by atoms with van der Waals surface area (Å²) in [5.74, 6) is -0.101. The van der Waals surface area contributed by atoms with Gasteiger partial charge in [0.25, 0.3) is 11.6 Å². The van der Waals surface area contributed by atoms with Crippen LogP contribution in [0.1, 0.15) is 43.2 Å². The number of carbonyl (C=O) groups excluding carboxylic acids is 1. The van der Waals surface area contributed by atoms with E-state index in [1.54, 1.807) is 19.9 Å². The third-order valence-corrected chi connectivity index (χ3v) is 7.04. The Morgan fingerprint density at radius 3 is 2.53 bits per heavy atom. The van der Waals surface area contributed by atoms with Crippen LogP contribution < -0.4 is 14.8 Å². The summed E-state index contributed by atoms with van der Waals surface area (Å²) < 4.78 is 33.7. The SMILES string of the molecule is Cc1cc(S(=O)(=O)NC2CCCCC2)ccc1OCC(=O)Nc1cccc([N+](=O)[O-])c1C. The van der Waals surface area contributed by atoms with Crippen molar-refractivity contribution in [1.82, 2.24) is 4.72 Å². The number of aryl methyl sites for hydroxylation is 1. The molecule has 1 amide bonds. The average molecular weight is 462 g/mol. The molecular weight excluding hydrogens is 434 g/mol. The van der Waals surface area contributed by atoms with Gasteiger partial charge in [-0.15, -0.1) is 0 Å². The molecule has 0 atom stereocenters. The normalized spacial score (nSPS) is 14.7. The maximum Gasteiger partial charge on any atom is 0.274 e. The van der Waals surface area contributed by atoms with Crippen molar-refractivity contribution in [2.75, 3.05) is 11.9 Å². The smallest absolute Gasteiger partial charge is 0.274 e. The van der Waals surface area contributed by atoms with Gasteiger partial charge in [0.05, 0.1) is 21.1 Å². The number of anilines is 1. The van der Waals surface area contributed by atoms with Crippen LogP contribution in [0.2, 0.25) is 0 Å². The van der Waals surface area contributed by atoms with Gasteiger partial charge in [0, 0.05) is 12.1 Å². The van der Waals surface area contributed by atoms with Crippen molar-refractivity contribution in [2.24, 2.45) is 0 Å². The predicted octanol–water partition coefficient (Wildman–Crippen LogP) is 3.84. The first-order valence-electron chi connectivity index (χ1n) is 10.5. The lowest BCUT2D eigenvalue weighted by Crippen LogP contribution is -2.36. The van der Waals surface area contributed by atoms with E-state index in [1.165, 1.54) is 30.3 Å². The van der Waals surface area contributed by atoms with Gasteiger partial charge in [0.2, 0.25) is 10.0 Å². The second kappa shape index (κ2) is 10.1. The van der Waals surface area contributed by atoms with Crippen LogP contribution in [0, 0.1) is 24.0 Å². The van der Waals surface area contributed by atoms with Crippen molar-refractivity contribution < 1.29 is 22.9 Å². The summed E-state index contributed by atoms with van der Waals surface area (Å²) in [5.41, 5.74) is 1.18. The summed E-state index contributed by atoms with van der Waals surface area (Å²) in [4.78, 5) is 23.0.